The maximum absolute atomic E-state index is 12.1. The monoisotopic (exact) mass is 387 g/mol. The van der Waals surface area contributed by atoms with Crippen molar-refractivity contribution in [1.29, 1.82) is 0 Å². The molecule has 0 fully saturated rings. The second-order valence-electron chi connectivity index (χ2n) is 4.25. The Hall–Kier alpha value is -1.23. The number of benzene rings is 2. The highest BCUT2D eigenvalue weighted by Crippen LogP contribution is 2.31. The topological polar surface area (TPSA) is 38.3 Å². The van der Waals surface area contributed by atoms with E-state index in [1.54, 1.807) is 24.3 Å². The van der Waals surface area contributed by atoms with Gasteiger partial charge in [0.2, 0.25) is 0 Å². The number of rotatable bonds is 4. The number of anilines is 1. The lowest BCUT2D eigenvalue weighted by molar-refractivity contribution is -0.141. The minimum absolute atomic E-state index is 0.445. The van der Waals surface area contributed by atoms with Gasteiger partial charge < -0.3 is 10.1 Å². The Balaban J connectivity index is 2.40. The second-order valence-corrected chi connectivity index (χ2v) is 5.98. The van der Waals surface area contributed by atoms with Crippen LogP contribution in [0.15, 0.2) is 46.9 Å². The molecule has 2 rings (SSSR count). The van der Waals surface area contributed by atoms with Gasteiger partial charge in [0.1, 0.15) is 0 Å². The fourth-order valence-corrected chi connectivity index (χ4v) is 2.82. The van der Waals surface area contributed by atoms with Gasteiger partial charge in [-0.05, 0) is 24.3 Å². The van der Waals surface area contributed by atoms with Crippen molar-refractivity contribution < 1.29 is 9.53 Å². The number of halogens is 3. The van der Waals surface area contributed by atoms with Crippen LogP contribution in [0.3, 0.4) is 0 Å². The molecular formula is C15H12BrCl2NO2. The zero-order valence-corrected chi connectivity index (χ0v) is 14.2. The molecular weight excluding hydrogens is 377 g/mol. The molecule has 6 heteroatoms. The van der Waals surface area contributed by atoms with Crippen LogP contribution in [0.25, 0.3) is 0 Å². The minimum Gasteiger partial charge on any atom is -0.467 e. The summed E-state index contributed by atoms with van der Waals surface area (Å²) in [6, 6.07) is 11.7. The quantitative estimate of drug-likeness (QED) is 0.742. The predicted molar refractivity (Wildman–Crippen MR) is 89.0 cm³/mol. The summed E-state index contributed by atoms with van der Waals surface area (Å²) in [4.78, 5) is 12.1. The maximum Gasteiger partial charge on any atom is 0.333 e. The van der Waals surface area contributed by atoms with E-state index in [0.717, 1.165) is 4.47 Å². The molecule has 0 aromatic heterocycles. The third-order valence-corrected chi connectivity index (χ3v) is 4.03. The maximum atomic E-state index is 12.1. The SMILES string of the molecule is COC(=O)C(Nc1ccccc1Cl)c1ccc(Br)cc1Cl. The Kier molecular flexibility index (Phi) is 5.51. The summed E-state index contributed by atoms with van der Waals surface area (Å²) in [5, 5.41) is 4.04. The number of hydrogen-bond acceptors (Lipinski definition) is 3. The van der Waals surface area contributed by atoms with E-state index in [1.165, 1.54) is 7.11 Å². The fraction of sp³-hybridized carbons (Fsp3) is 0.133. The van der Waals surface area contributed by atoms with Crippen molar-refractivity contribution in [1.82, 2.24) is 0 Å². The summed E-state index contributed by atoms with van der Waals surface area (Å²) < 4.78 is 5.68. The Morgan fingerprint density at radius 1 is 1.19 bits per heavy atom. The number of carbonyl (C=O) groups is 1. The van der Waals surface area contributed by atoms with E-state index in [4.69, 9.17) is 27.9 Å². The van der Waals surface area contributed by atoms with Gasteiger partial charge in [-0.15, -0.1) is 0 Å². The number of esters is 1. The van der Waals surface area contributed by atoms with Crippen molar-refractivity contribution in [3.05, 3.63) is 62.5 Å². The predicted octanol–water partition coefficient (Wildman–Crippen LogP) is 5.08. The lowest BCUT2D eigenvalue weighted by atomic mass is 10.1. The molecule has 0 radical (unpaired) electrons. The molecule has 0 aliphatic heterocycles. The highest BCUT2D eigenvalue weighted by Gasteiger charge is 2.24. The van der Waals surface area contributed by atoms with E-state index in [0.29, 0.717) is 21.3 Å². The molecule has 110 valence electrons. The lowest BCUT2D eigenvalue weighted by Gasteiger charge is -2.20. The van der Waals surface area contributed by atoms with Crippen LogP contribution in [-0.2, 0) is 9.53 Å². The van der Waals surface area contributed by atoms with Crippen LogP contribution < -0.4 is 5.32 Å². The van der Waals surface area contributed by atoms with Crippen molar-refractivity contribution >= 4 is 50.8 Å². The highest BCUT2D eigenvalue weighted by molar-refractivity contribution is 9.10. The zero-order chi connectivity index (χ0) is 15.4. The smallest absolute Gasteiger partial charge is 0.333 e. The van der Waals surface area contributed by atoms with Crippen molar-refractivity contribution in [2.75, 3.05) is 12.4 Å². The van der Waals surface area contributed by atoms with Gasteiger partial charge in [-0.25, -0.2) is 4.79 Å². The van der Waals surface area contributed by atoms with Crippen LogP contribution in [0, 0.1) is 0 Å². The second kappa shape index (κ2) is 7.16. The Morgan fingerprint density at radius 2 is 1.90 bits per heavy atom. The van der Waals surface area contributed by atoms with Crippen LogP contribution in [0.2, 0.25) is 10.0 Å². The van der Waals surface area contributed by atoms with Gasteiger partial charge in [-0.2, -0.15) is 0 Å². The molecule has 2 aromatic rings. The van der Waals surface area contributed by atoms with Crippen molar-refractivity contribution in [2.24, 2.45) is 0 Å². The number of carbonyl (C=O) groups excluding carboxylic acids is 1. The van der Waals surface area contributed by atoms with Crippen LogP contribution in [0.4, 0.5) is 5.69 Å². The number of para-hydroxylation sites is 1. The molecule has 0 amide bonds. The van der Waals surface area contributed by atoms with Crippen LogP contribution in [-0.4, -0.2) is 13.1 Å². The van der Waals surface area contributed by atoms with Crippen molar-refractivity contribution in [2.45, 2.75) is 6.04 Å². The number of nitrogens with one attached hydrogen (secondary N) is 1. The average Bonchev–Trinajstić information content (AvgIpc) is 2.46. The molecule has 0 aliphatic carbocycles. The van der Waals surface area contributed by atoms with Gasteiger partial charge >= 0.3 is 5.97 Å². The van der Waals surface area contributed by atoms with E-state index in [2.05, 4.69) is 21.2 Å². The summed E-state index contributed by atoms with van der Waals surface area (Å²) in [6.07, 6.45) is 0. The Bertz CT molecular complexity index is 664. The average molecular weight is 389 g/mol. The molecule has 1 unspecified atom stereocenters. The molecule has 1 N–H and O–H groups in total. The molecule has 0 bridgehead atoms. The molecule has 0 saturated heterocycles. The van der Waals surface area contributed by atoms with Gasteiger partial charge in [0.05, 0.1) is 17.8 Å². The van der Waals surface area contributed by atoms with E-state index in [9.17, 15) is 4.79 Å². The number of methoxy groups -OCH3 is 1. The Labute approximate surface area is 141 Å². The summed E-state index contributed by atoms with van der Waals surface area (Å²) in [5.74, 6) is -0.445. The summed E-state index contributed by atoms with van der Waals surface area (Å²) in [6.45, 7) is 0. The first-order valence-corrected chi connectivity index (χ1v) is 7.61. The van der Waals surface area contributed by atoms with E-state index in [-0.39, 0.29) is 0 Å². The molecule has 21 heavy (non-hydrogen) atoms. The van der Waals surface area contributed by atoms with Gasteiger partial charge in [0, 0.05) is 15.1 Å². The zero-order valence-electron chi connectivity index (χ0n) is 11.1. The third-order valence-electron chi connectivity index (χ3n) is 2.88. The van der Waals surface area contributed by atoms with Gasteiger partial charge in [-0.1, -0.05) is 57.3 Å². The molecule has 1 atom stereocenters. The fourth-order valence-electron chi connectivity index (χ4n) is 1.85. The van der Waals surface area contributed by atoms with E-state index in [1.807, 2.05) is 18.2 Å². The molecule has 0 aliphatic rings. The molecule has 0 saturated carbocycles. The number of ether oxygens (including phenoxy) is 1. The summed E-state index contributed by atoms with van der Waals surface area (Å²) >= 11 is 15.7. The van der Waals surface area contributed by atoms with Crippen LogP contribution in [0.5, 0.6) is 0 Å². The first-order valence-electron chi connectivity index (χ1n) is 6.06. The third kappa shape index (κ3) is 3.90. The van der Waals surface area contributed by atoms with Crippen LogP contribution >= 0.6 is 39.1 Å². The minimum atomic E-state index is -0.740. The number of hydrogen-bond donors (Lipinski definition) is 1. The summed E-state index contributed by atoms with van der Waals surface area (Å²) in [7, 11) is 1.33. The lowest BCUT2D eigenvalue weighted by Crippen LogP contribution is -2.22. The van der Waals surface area contributed by atoms with Crippen molar-refractivity contribution in [3.8, 4) is 0 Å². The molecule has 0 spiro atoms. The summed E-state index contributed by atoms with van der Waals surface area (Å²) in [5.41, 5.74) is 1.25. The van der Waals surface area contributed by atoms with E-state index < -0.39 is 12.0 Å². The normalized spacial score (nSPS) is 11.8. The molecule has 3 nitrogen and oxygen atoms in total. The molecule has 0 heterocycles. The Morgan fingerprint density at radius 3 is 2.52 bits per heavy atom. The van der Waals surface area contributed by atoms with Crippen LogP contribution in [0.1, 0.15) is 11.6 Å². The van der Waals surface area contributed by atoms with Crippen molar-refractivity contribution in [3.63, 3.8) is 0 Å². The van der Waals surface area contributed by atoms with E-state index >= 15 is 0 Å². The van der Waals surface area contributed by atoms with Gasteiger partial charge in [0.15, 0.2) is 6.04 Å². The van der Waals surface area contributed by atoms with Gasteiger partial charge in [0.25, 0.3) is 0 Å². The van der Waals surface area contributed by atoms with Gasteiger partial charge in [-0.3, -0.25) is 0 Å². The first kappa shape index (κ1) is 16.1. The largest absolute Gasteiger partial charge is 0.467 e. The highest BCUT2D eigenvalue weighted by atomic mass is 79.9. The molecule has 2 aromatic carbocycles. The first-order chi connectivity index (χ1) is 10.0. The standard InChI is InChI=1S/C15H12BrCl2NO2/c1-21-15(20)14(10-7-6-9(16)8-12(10)18)19-13-5-3-2-4-11(13)17/h2-8,14,19H,1H3.